The number of nitrogens with zero attached hydrogens (tertiary/aromatic N) is 1. The first-order valence-electron chi connectivity index (χ1n) is 2.02. The van der Waals surface area contributed by atoms with E-state index in [4.69, 9.17) is 0 Å². The van der Waals surface area contributed by atoms with Crippen molar-refractivity contribution in [3.63, 3.8) is 0 Å². The summed E-state index contributed by atoms with van der Waals surface area (Å²) >= 11 is 0. The number of hydrogen-bond acceptors (Lipinski definition) is 1. The van der Waals surface area contributed by atoms with Crippen LogP contribution >= 0.6 is 0 Å². The third-order valence-electron chi connectivity index (χ3n) is 0.447. The second kappa shape index (κ2) is 4.41. The summed E-state index contributed by atoms with van der Waals surface area (Å²) < 4.78 is 0. The summed E-state index contributed by atoms with van der Waals surface area (Å²) in [6, 6.07) is 0. The van der Waals surface area contributed by atoms with Crippen LogP contribution in [0.3, 0.4) is 0 Å². The predicted molar refractivity (Wildman–Crippen MR) is 29.0 cm³/mol. The minimum absolute atomic E-state index is 1.04. The van der Waals surface area contributed by atoms with Gasteiger partial charge in [-0.3, -0.25) is 4.99 Å². The fraction of sp³-hybridized carbons (Fsp3) is 0.400. The molecule has 0 aromatic carbocycles. The van der Waals surface area contributed by atoms with Crippen LogP contribution in [0, 0.1) is 0 Å². The molecule has 34 valence electrons. The molecule has 0 bridgehead atoms. The first-order valence-corrected chi connectivity index (χ1v) is 2.02. The van der Waals surface area contributed by atoms with E-state index in [0.717, 1.165) is 6.42 Å². The SMILES string of the molecule is C=N/C=C\CC. The summed E-state index contributed by atoms with van der Waals surface area (Å²) in [5, 5.41) is 0. The molecule has 0 fully saturated rings. The lowest BCUT2D eigenvalue weighted by atomic mass is 10.5. The van der Waals surface area contributed by atoms with Crippen molar-refractivity contribution in [2.45, 2.75) is 13.3 Å². The summed E-state index contributed by atoms with van der Waals surface area (Å²) in [5.74, 6) is 0. The van der Waals surface area contributed by atoms with Crippen molar-refractivity contribution in [1.29, 1.82) is 0 Å². The molecular weight excluding hydrogens is 74.1 g/mol. The molecule has 0 aliphatic carbocycles. The Balaban J connectivity index is 2.94. The van der Waals surface area contributed by atoms with Crippen LogP contribution in [-0.4, -0.2) is 6.72 Å². The smallest absolute Gasteiger partial charge is 0.0220 e. The largest absolute Gasteiger partial charge is 0.273 e. The highest BCUT2D eigenvalue weighted by Gasteiger charge is 1.55. The van der Waals surface area contributed by atoms with Crippen molar-refractivity contribution < 1.29 is 0 Å². The molecular formula is C5H9N. The van der Waals surface area contributed by atoms with Gasteiger partial charge in [0.1, 0.15) is 0 Å². The lowest BCUT2D eigenvalue weighted by molar-refractivity contribution is 1.21. The van der Waals surface area contributed by atoms with Gasteiger partial charge in [0.05, 0.1) is 0 Å². The van der Waals surface area contributed by atoms with E-state index >= 15 is 0 Å². The van der Waals surface area contributed by atoms with Gasteiger partial charge in [-0.2, -0.15) is 0 Å². The maximum Gasteiger partial charge on any atom is 0.0220 e. The fourth-order valence-corrected chi connectivity index (χ4v) is 0.180. The number of aliphatic imine (C=N–C) groups is 1. The van der Waals surface area contributed by atoms with E-state index < -0.39 is 0 Å². The molecule has 0 N–H and O–H groups in total. The lowest BCUT2D eigenvalue weighted by Crippen LogP contribution is -1.47. The van der Waals surface area contributed by atoms with Crippen LogP contribution in [0.5, 0.6) is 0 Å². The molecule has 0 rings (SSSR count). The van der Waals surface area contributed by atoms with Gasteiger partial charge in [-0.1, -0.05) is 13.0 Å². The average Bonchev–Trinajstić information content (AvgIpc) is 1.61. The Morgan fingerprint density at radius 1 is 1.83 bits per heavy atom. The second-order valence-electron chi connectivity index (χ2n) is 0.976. The van der Waals surface area contributed by atoms with Gasteiger partial charge in [0.25, 0.3) is 0 Å². The molecule has 0 aliphatic rings. The van der Waals surface area contributed by atoms with E-state index in [-0.39, 0.29) is 0 Å². The van der Waals surface area contributed by atoms with Gasteiger partial charge in [0.2, 0.25) is 0 Å². The third-order valence-corrected chi connectivity index (χ3v) is 0.447. The van der Waals surface area contributed by atoms with Crippen molar-refractivity contribution >= 4 is 6.72 Å². The van der Waals surface area contributed by atoms with Crippen LogP contribution in [-0.2, 0) is 0 Å². The zero-order valence-electron chi connectivity index (χ0n) is 4.02. The summed E-state index contributed by atoms with van der Waals surface area (Å²) in [6.45, 7) is 5.32. The number of allylic oxidation sites excluding steroid dienone is 1. The minimum atomic E-state index is 1.04. The van der Waals surface area contributed by atoms with Crippen LogP contribution < -0.4 is 0 Å². The maximum atomic E-state index is 3.49. The quantitative estimate of drug-likeness (QED) is 0.450. The van der Waals surface area contributed by atoms with Crippen LogP contribution in [0.4, 0.5) is 0 Å². The molecule has 0 spiro atoms. The van der Waals surface area contributed by atoms with Crippen LogP contribution in [0.2, 0.25) is 0 Å². The van der Waals surface area contributed by atoms with Gasteiger partial charge in [0, 0.05) is 6.20 Å². The fourth-order valence-electron chi connectivity index (χ4n) is 0.180. The molecule has 0 saturated carbocycles. The lowest BCUT2D eigenvalue weighted by Gasteiger charge is -1.68. The average molecular weight is 83.1 g/mol. The minimum Gasteiger partial charge on any atom is -0.273 e. The first kappa shape index (κ1) is 5.41. The van der Waals surface area contributed by atoms with E-state index in [9.17, 15) is 0 Å². The van der Waals surface area contributed by atoms with Crippen molar-refractivity contribution in [3.05, 3.63) is 12.3 Å². The molecule has 0 saturated heterocycles. The maximum absolute atomic E-state index is 3.49. The Hall–Kier alpha value is -0.590. The predicted octanol–water partition coefficient (Wildman–Crippen LogP) is 1.61. The van der Waals surface area contributed by atoms with Crippen molar-refractivity contribution in [1.82, 2.24) is 0 Å². The highest BCUT2D eigenvalue weighted by atomic mass is 14.6. The van der Waals surface area contributed by atoms with E-state index in [1.807, 2.05) is 6.08 Å². The zero-order chi connectivity index (χ0) is 4.83. The van der Waals surface area contributed by atoms with Crippen molar-refractivity contribution in [2.75, 3.05) is 0 Å². The standard InChI is InChI=1S/C5H9N/c1-3-4-5-6-2/h4-5H,2-3H2,1H3/b5-4-. The number of rotatable bonds is 2. The zero-order valence-corrected chi connectivity index (χ0v) is 4.02. The van der Waals surface area contributed by atoms with Crippen LogP contribution in [0.25, 0.3) is 0 Å². The summed E-state index contributed by atoms with van der Waals surface area (Å²) in [6.07, 6.45) is 4.69. The molecule has 0 aliphatic heterocycles. The Labute approximate surface area is 38.4 Å². The van der Waals surface area contributed by atoms with Gasteiger partial charge < -0.3 is 0 Å². The molecule has 1 nitrogen and oxygen atoms in total. The summed E-state index contributed by atoms with van der Waals surface area (Å²) in [4.78, 5) is 3.49. The molecule has 6 heavy (non-hydrogen) atoms. The summed E-state index contributed by atoms with van der Waals surface area (Å²) in [5.41, 5.74) is 0. The monoisotopic (exact) mass is 83.1 g/mol. The Kier molecular flexibility index (Phi) is 3.98. The van der Waals surface area contributed by atoms with Gasteiger partial charge >= 0.3 is 0 Å². The molecule has 0 amide bonds. The molecule has 0 aromatic heterocycles. The van der Waals surface area contributed by atoms with E-state index in [1.54, 1.807) is 6.20 Å². The van der Waals surface area contributed by atoms with Crippen molar-refractivity contribution in [2.24, 2.45) is 4.99 Å². The van der Waals surface area contributed by atoms with Crippen LogP contribution in [0.1, 0.15) is 13.3 Å². The van der Waals surface area contributed by atoms with E-state index in [0.29, 0.717) is 0 Å². The Bertz CT molecular complexity index is 55.0. The van der Waals surface area contributed by atoms with E-state index in [2.05, 4.69) is 18.6 Å². The first-order chi connectivity index (χ1) is 2.91. The van der Waals surface area contributed by atoms with Gasteiger partial charge in [-0.25, -0.2) is 0 Å². The van der Waals surface area contributed by atoms with Gasteiger partial charge in [-0.05, 0) is 13.1 Å². The highest BCUT2D eigenvalue weighted by molar-refractivity contribution is 5.25. The molecule has 1 heteroatoms. The molecule has 0 radical (unpaired) electrons. The Morgan fingerprint density at radius 2 is 2.50 bits per heavy atom. The molecule has 0 atom stereocenters. The molecule has 0 unspecified atom stereocenters. The topological polar surface area (TPSA) is 12.4 Å². The third kappa shape index (κ3) is 3.41. The summed E-state index contributed by atoms with van der Waals surface area (Å²) in [7, 11) is 0. The second-order valence-corrected chi connectivity index (χ2v) is 0.976. The van der Waals surface area contributed by atoms with Crippen LogP contribution in [0.15, 0.2) is 17.3 Å². The highest BCUT2D eigenvalue weighted by Crippen LogP contribution is 1.76. The Morgan fingerprint density at radius 3 is 2.67 bits per heavy atom. The van der Waals surface area contributed by atoms with Gasteiger partial charge in [0.15, 0.2) is 0 Å². The van der Waals surface area contributed by atoms with Crippen molar-refractivity contribution in [3.8, 4) is 0 Å². The normalized spacial score (nSPS) is 9.50. The molecule has 0 aromatic rings. The number of hydrogen-bond donors (Lipinski definition) is 0. The molecule has 0 heterocycles. The van der Waals surface area contributed by atoms with E-state index in [1.165, 1.54) is 0 Å². The van der Waals surface area contributed by atoms with Gasteiger partial charge in [-0.15, -0.1) is 0 Å².